The van der Waals surface area contributed by atoms with Crippen LogP contribution in [0.5, 0.6) is 11.5 Å². The first-order valence-corrected chi connectivity index (χ1v) is 9.80. The van der Waals surface area contributed by atoms with Gasteiger partial charge in [-0.3, -0.25) is 0 Å². The van der Waals surface area contributed by atoms with E-state index in [9.17, 15) is 9.50 Å². The molecule has 0 atom stereocenters. The van der Waals surface area contributed by atoms with Crippen molar-refractivity contribution in [3.8, 4) is 11.5 Å². The summed E-state index contributed by atoms with van der Waals surface area (Å²) in [6, 6.07) is 12.3. The Kier molecular flexibility index (Phi) is 6.39. The monoisotopic (exact) mass is 385 g/mol. The molecule has 0 aliphatic heterocycles. The third-order valence-corrected chi connectivity index (χ3v) is 4.98. The van der Waals surface area contributed by atoms with Crippen LogP contribution in [0.15, 0.2) is 47.5 Å². The number of phenolic OH excluding ortho intramolecular Hbond substituents is 1. The van der Waals surface area contributed by atoms with Gasteiger partial charge in [0.1, 0.15) is 5.82 Å². The summed E-state index contributed by atoms with van der Waals surface area (Å²) in [7, 11) is 0. The Morgan fingerprint density at radius 3 is 2.64 bits per heavy atom. The van der Waals surface area contributed by atoms with Gasteiger partial charge in [-0.25, -0.2) is 9.38 Å². The van der Waals surface area contributed by atoms with Gasteiger partial charge in [0.15, 0.2) is 17.5 Å². The second kappa shape index (κ2) is 8.95. The van der Waals surface area contributed by atoms with Crippen LogP contribution in [0.3, 0.4) is 0 Å². The summed E-state index contributed by atoms with van der Waals surface area (Å²) in [4.78, 5) is 4.63. The Hall–Kier alpha value is -2.76. The molecular formula is C22H28FN3O2. The predicted molar refractivity (Wildman–Crippen MR) is 109 cm³/mol. The Labute approximate surface area is 165 Å². The van der Waals surface area contributed by atoms with Crippen LogP contribution >= 0.6 is 0 Å². The average Bonchev–Trinajstić information content (AvgIpc) is 3.48. The Morgan fingerprint density at radius 2 is 1.96 bits per heavy atom. The first kappa shape index (κ1) is 20.0. The highest BCUT2D eigenvalue weighted by Gasteiger charge is 2.45. The largest absolute Gasteiger partial charge is 0.504 e. The van der Waals surface area contributed by atoms with Crippen molar-refractivity contribution in [2.45, 2.75) is 38.6 Å². The third-order valence-electron chi connectivity index (χ3n) is 4.98. The van der Waals surface area contributed by atoms with Crippen molar-refractivity contribution < 1.29 is 14.2 Å². The highest BCUT2D eigenvalue weighted by molar-refractivity contribution is 5.80. The maximum Gasteiger partial charge on any atom is 0.191 e. The Bertz CT molecular complexity index is 834. The number of aliphatic imine (C=N–C) groups is 1. The molecule has 0 saturated heterocycles. The molecule has 0 aromatic heterocycles. The van der Waals surface area contributed by atoms with Gasteiger partial charge in [0, 0.05) is 18.5 Å². The highest BCUT2D eigenvalue weighted by Crippen LogP contribution is 2.48. The molecule has 0 amide bonds. The molecule has 1 fully saturated rings. The number of aromatic hydroxyl groups is 1. The summed E-state index contributed by atoms with van der Waals surface area (Å²) in [5.41, 5.74) is 1.56. The number of nitrogens with zero attached hydrogens (tertiary/aromatic N) is 1. The molecule has 0 heterocycles. The molecule has 0 radical (unpaired) electrons. The van der Waals surface area contributed by atoms with Crippen LogP contribution in [-0.4, -0.2) is 30.8 Å². The summed E-state index contributed by atoms with van der Waals surface area (Å²) >= 11 is 0. The molecule has 3 rings (SSSR count). The molecule has 1 aliphatic carbocycles. The normalized spacial score (nSPS) is 15.2. The molecule has 28 heavy (non-hydrogen) atoms. The zero-order valence-corrected chi connectivity index (χ0v) is 16.5. The molecular weight excluding hydrogens is 357 g/mol. The lowest BCUT2D eigenvalue weighted by Gasteiger charge is -2.19. The van der Waals surface area contributed by atoms with Gasteiger partial charge in [0.25, 0.3) is 0 Å². The van der Waals surface area contributed by atoms with Crippen LogP contribution in [0, 0.1) is 5.82 Å². The number of nitrogens with one attached hydrogen (secondary N) is 2. The van der Waals surface area contributed by atoms with E-state index in [4.69, 9.17) is 4.74 Å². The van der Waals surface area contributed by atoms with Crippen LogP contribution in [0.4, 0.5) is 4.39 Å². The van der Waals surface area contributed by atoms with E-state index in [2.05, 4.69) is 15.6 Å². The second-order valence-corrected chi connectivity index (χ2v) is 7.04. The van der Waals surface area contributed by atoms with Crippen molar-refractivity contribution in [3.63, 3.8) is 0 Å². The van der Waals surface area contributed by atoms with Crippen LogP contribution in [0.25, 0.3) is 0 Å². The number of benzene rings is 2. The maximum atomic E-state index is 14.2. The molecule has 3 N–H and O–H groups in total. The first-order valence-electron chi connectivity index (χ1n) is 9.80. The van der Waals surface area contributed by atoms with Crippen molar-refractivity contribution >= 4 is 5.96 Å². The Balaban J connectivity index is 1.67. The van der Waals surface area contributed by atoms with E-state index < -0.39 is 0 Å². The number of halogens is 1. The molecule has 6 heteroatoms. The lowest BCUT2D eigenvalue weighted by molar-refractivity contribution is 0.318. The van der Waals surface area contributed by atoms with E-state index in [1.54, 1.807) is 18.2 Å². The van der Waals surface area contributed by atoms with E-state index in [0.29, 0.717) is 31.4 Å². The second-order valence-electron chi connectivity index (χ2n) is 7.04. The maximum absolute atomic E-state index is 14.2. The SMILES string of the molecule is CCNC(=NCc1ccc(O)c(OCC)c1)NCC1(c2ccccc2F)CC1. The minimum Gasteiger partial charge on any atom is -0.504 e. The molecule has 0 spiro atoms. The molecule has 2 aromatic carbocycles. The number of hydrogen-bond acceptors (Lipinski definition) is 3. The summed E-state index contributed by atoms with van der Waals surface area (Å²) in [5.74, 6) is 1.14. The van der Waals surface area contributed by atoms with E-state index in [-0.39, 0.29) is 17.0 Å². The number of rotatable bonds is 8. The lowest BCUT2D eigenvalue weighted by Crippen LogP contribution is -2.41. The zero-order chi connectivity index (χ0) is 20.0. The molecule has 1 saturated carbocycles. The van der Waals surface area contributed by atoms with Gasteiger partial charge in [-0.2, -0.15) is 0 Å². The zero-order valence-electron chi connectivity index (χ0n) is 16.5. The van der Waals surface area contributed by atoms with Gasteiger partial charge >= 0.3 is 0 Å². The number of hydrogen-bond donors (Lipinski definition) is 3. The van der Waals surface area contributed by atoms with Gasteiger partial charge in [-0.1, -0.05) is 24.3 Å². The van der Waals surface area contributed by atoms with Crippen molar-refractivity contribution in [2.24, 2.45) is 4.99 Å². The summed E-state index contributed by atoms with van der Waals surface area (Å²) in [6.07, 6.45) is 1.94. The van der Waals surface area contributed by atoms with Crippen molar-refractivity contribution in [3.05, 3.63) is 59.4 Å². The van der Waals surface area contributed by atoms with Crippen molar-refractivity contribution in [1.29, 1.82) is 0 Å². The minimum absolute atomic E-state index is 0.125. The summed E-state index contributed by atoms with van der Waals surface area (Å²) in [5, 5.41) is 16.4. The fourth-order valence-corrected chi connectivity index (χ4v) is 3.28. The summed E-state index contributed by atoms with van der Waals surface area (Å²) < 4.78 is 19.6. The van der Waals surface area contributed by atoms with Crippen LogP contribution in [0.1, 0.15) is 37.8 Å². The molecule has 2 aromatic rings. The average molecular weight is 385 g/mol. The third kappa shape index (κ3) is 4.74. The number of ether oxygens (including phenoxy) is 1. The molecule has 150 valence electrons. The van der Waals surface area contributed by atoms with Crippen LogP contribution < -0.4 is 15.4 Å². The van der Waals surface area contributed by atoms with Crippen molar-refractivity contribution in [1.82, 2.24) is 10.6 Å². The van der Waals surface area contributed by atoms with Gasteiger partial charge in [-0.05, 0) is 56.0 Å². The molecule has 0 unspecified atom stereocenters. The van der Waals surface area contributed by atoms with Gasteiger partial charge in [-0.15, -0.1) is 0 Å². The number of guanidine groups is 1. The highest BCUT2D eigenvalue weighted by atomic mass is 19.1. The van der Waals surface area contributed by atoms with Crippen molar-refractivity contribution in [2.75, 3.05) is 19.7 Å². The fraction of sp³-hybridized carbons (Fsp3) is 0.409. The van der Waals surface area contributed by atoms with E-state index >= 15 is 0 Å². The lowest BCUT2D eigenvalue weighted by atomic mass is 9.95. The molecule has 0 bridgehead atoms. The first-order chi connectivity index (χ1) is 13.6. The van der Waals surface area contributed by atoms with E-state index in [0.717, 1.165) is 30.5 Å². The fourth-order valence-electron chi connectivity index (χ4n) is 3.28. The number of phenols is 1. The Morgan fingerprint density at radius 1 is 1.18 bits per heavy atom. The summed E-state index contributed by atoms with van der Waals surface area (Å²) in [6.45, 7) is 6.19. The van der Waals surface area contributed by atoms with Gasteiger partial charge in [0.2, 0.25) is 0 Å². The standard InChI is InChI=1S/C22H28FN3O2/c1-3-24-21(25-14-16-9-10-19(27)20(13-16)28-4-2)26-15-22(11-12-22)17-7-5-6-8-18(17)23/h5-10,13,27H,3-4,11-12,14-15H2,1-2H3,(H2,24,25,26). The topological polar surface area (TPSA) is 65.9 Å². The van der Waals surface area contributed by atoms with Crippen LogP contribution in [0.2, 0.25) is 0 Å². The minimum atomic E-state index is -0.151. The van der Waals surface area contributed by atoms with Crippen LogP contribution in [-0.2, 0) is 12.0 Å². The predicted octanol–water partition coefficient (Wildman–Crippen LogP) is 3.72. The van der Waals surface area contributed by atoms with Gasteiger partial charge < -0.3 is 20.5 Å². The molecule has 1 aliphatic rings. The smallest absolute Gasteiger partial charge is 0.191 e. The quantitative estimate of drug-likeness (QED) is 0.479. The molecule has 5 nitrogen and oxygen atoms in total. The van der Waals surface area contributed by atoms with Gasteiger partial charge in [0.05, 0.1) is 13.2 Å². The van der Waals surface area contributed by atoms with E-state index in [1.807, 2.05) is 32.0 Å². The van der Waals surface area contributed by atoms with E-state index in [1.165, 1.54) is 6.07 Å².